The fourth-order valence-corrected chi connectivity index (χ4v) is 2.68. The second-order valence-corrected chi connectivity index (χ2v) is 5.64. The molecule has 0 aliphatic carbocycles. The average molecular weight is 326 g/mol. The van der Waals surface area contributed by atoms with Gasteiger partial charge >= 0.3 is 0 Å². The lowest BCUT2D eigenvalue weighted by atomic mass is 9.96. The molecule has 0 bridgehead atoms. The highest BCUT2D eigenvalue weighted by Gasteiger charge is 2.16. The maximum Gasteiger partial charge on any atom is 0.105 e. The minimum Gasteiger partial charge on any atom is -0.384 e. The molecule has 1 nitrogen and oxygen atoms in total. The van der Waals surface area contributed by atoms with Gasteiger partial charge in [-0.05, 0) is 48.2 Å². The zero-order valence-electron chi connectivity index (χ0n) is 10.2. The van der Waals surface area contributed by atoms with Crippen molar-refractivity contribution < 1.29 is 5.11 Å². The molecule has 0 amide bonds. The Morgan fingerprint density at radius 2 is 1.72 bits per heavy atom. The van der Waals surface area contributed by atoms with Gasteiger partial charge in [0, 0.05) is 9.50 Å². The van der Waals surface area contributed by atoms with Gasteiger partial charge in [0.1, 0.15) is 6.10 Å². The van der Waals surface area contributed by atoms with Gasteiger partial charge in [-0.25, -0.2) is 0 Å². The lowest BCUT2D eigenvalue weighted by Gasteiger charge is -2.17. The quantitative estimate of drug-likeness (QED) is 0.841. The molecule has 3 heteroatoms. The van der Waals surface area contributed by atoms with E-state index in [1.54, 1.807) is 0 Å². The summed E-state index contributed by atoms with van der Waals surface area (Å²) in [4.78, 5) is 0. The van der Waals surface area contributed by atoms with Crippen LogP contribution >= 0.6 is 27.5 Å². The molecule has 2 rings (SSSR count). The largest absolute Gasteiger partial charge is 0.384 e. The van der Waals surface area contributed by atoms with Crippen LogP contribution in [0.2, 0.25) is 5.02 Å². The van der Waals surface area contributed by atoms with E-state index >= 15 is 0 Å². The third kappa shape index (κ3) is 2.61. The molecule has 0 aliphatic heterocycles. The Balaban J connectivity index is 2.50. The van der Waals surface area contributed by atoms with Crippen LogP contribution in [0.1, 0.15) is 28.4 Å². The third-order valence-electron chi connectivity index (χ3n) is 3.04. The molecule has 0 radical (unpaired) electrons. The van der Waals surface area contributed by atoms with Crippen LogP contribution in [0.15, 0.2) is 40.9 Å². The van der Waals surface area contributed by atoms with Crippen molar-refractivity contribution in [2.24, 2.45) is 0 Å². The van der Waals surface area contributed by atoms with E-state index in [4.69, 9.17) is 11.6 Å². The monoisotopic (exact) mass is 324 g/mol. The zero-order chi connectivity index (χ0) is 13.3. The first-order chi connectivity index (χ1) is 8.50. The van der Waals surface area contributed by atoms with E-state index in [9.17, 15) is 5.11 Å². The number of halogens is 2. The number of hydrogen-bond donors (Lipinski definition) is 1. The summed E-state index contributed by atoms with van der Waals surface area (Å²) in [6, 6.07) is 11.5. The molecule has 1 atom stereocenters. The molecule has 2 aromatic carbocycles. The minimum atomic E-state index is -0.642. The summed E-state index contributed by atoms with van der Waals surface area (Å²) in [5.41, 5.74) is 3.73. The molecular weight excluding hydrogens is 312 g/mol. The van der Waals surface area contributed by atoms with Crippen LogP contribution in [0.4, 0.5) is 0 Å². The van der Waals surface area contributed by atoms with Gasteiger partial charge in [0.15, 0.2) is 0 Å². The van der Waals surface area contributed by atoms with E-state index in [0.29, 0.717) is 0 Å². The van der Waals surface area contributed by atoms with E-state index in [1.807, 2.05) is 50.2 Å². The summed E-state index contributed by atoms with van der Waals surface area (Å²) >= 11 is 9.54. The minimum absolute atomic E-state index is 0.642. The predicted molar refractivity (Wildman–Crippen MR) is 79.1 cm³/mol. The van der Waals surface area contributed by atoms with Crippen LogP contribution in [0.25, 0.3) is 0 Å². The first kappa shape index (κ1) is 13.6. The molecule has 0 saturated heterocycles. The predicted octanol–water partition coefficient (Wildman–Crippen LogP) is 4.80. The number of hydrogen-bond acceptors (Lipinski definition) is 1. The summed E-state index contributed by atoms with van der Waals surface area (Å²) in [6.45, 7) is 3.90. The summed E-state index contributed by atoms with van der Waals surface area (Å²) in [5, 5.41) is 11.2. The van der Waals surface area contributed by atoms with Gasteiger partial charge in [0.2, 0.25) is 0 Å². The lowest BCUT2D eigenvalue weighted by Crippen LogP contribution is -2.03. The van der Waals surface area contributed by atoms with Crippen LogP contribution in [0.5, 0.6) is 0 Å². The highest BCUT2D eigenvalue weighted by atomic mass is 79.9. The molecule has 1 unspecified atom stereocenters. The van der Waals surface area contributed by atoms with E-state index in [1.165, 1.54) is 0 Å². The smallest absolute Gasteiger partial charge is 0.105 e. The Morgan fingerprint density at radius 1 is 1.06 bits per heavy atom. The molecule has 0 heterocycles. The van der Waals surface area contributed by atoms with Crippen molar-refractivity contribution in [2.75, 3.05) is 0 Å². The first-order valence-electron chi connectivity index (χ1n) is 5.70. The van der Waals surface area contributed by atoms with Crippen LogP contribution in [0.3, 0.4) is 0 Å². The summed E-state index contributed by atoms with van der Waals surface area (Å²) < 4.78 is 0.907. The van der Waals surface area contributed by atoms with Crippen LogP contribution in [0, 0.1) is 13.8 Å². The number of rotatable bonds is 2. The molecular formula is C15H14BrClO. The highest BCUT2D eigenvalue weighted by Crippen LogP contribution is 2.32. The first-order valence-corrected chi connectivity index (χ1v) is 6.87. The van der Waals surface area contributed by atoms with Gasteiger partial charge in [0.25, 0.3) is 0 Å². The Bertz CT molecular complexity index is 581. The SMILES string of the molecule is Cc1cc(C(O)c2ccccc2Br)c(C)cc1Cl. The molecule has 2 aromatic rings. The van der Waals surface area contributed by atoms with Crippen molar-refractivity contribution >= 4 is 27.5 Å². The fraction of sp³-hybridized carbons (Fsp3) is 0.200. The van der Waals surface area contributed by atoms with Crippen molar-refractivity contribution in [3.63, 3.8) is 0 Å². The maximum absolute atomic E-state index is 10.5. The summed E-state index contributed by atoms with van der Waals surface area (Å²) in [5.74, 6) is 0. The highest BCUT2D eigenvalue weighted by molar-refractivity contribution is 9.10. The number of benzene rings is 2. The molecule has 94 valence electrons. The summed E-state index contributed by atoms with van der Waals surface area (Å²) in [7, 11) is 0. The van der Waals surface area contributed by atoms with E-state index < -0.39 is 6.10 Å². The lowest BCUT2D eigenvalue weighted by molar-refractivity contribution is 0.218. The third-order valence-corrected chi connectivity index (χ3v) is 4.17. The molecule has 18 heavy (non-hydrogen) atoms. The molecule has 0 fully saturated rings. The van der Waals surface area contributed by atoms with Gasteiger partial charge in [-0.3, -0.25) is 0 Å². The van der Waals surface area contributed by atoms with Crippen LogP contribution < -0.4 is 0 Å². The Labute approximate surface area is 121 Å². The Kier molecular flexibility index (Phi) is 4.10. The molecule has 0 saturated carbocycles. The maximum atomic E-state index is 10.5. The van der Waals surface area contributed by atoms with Crippen LogP contribution in [-0.4, -0.2) is 5.11 Å². The number of aliphatic hydroxyl groups excluding tert-OH is 1. The van der Waals surface area contributed by atoms with E-state index in [-0.39, 0.29) is 0 Å². The second-order valence-electron chi connectivity index (χ2n) is 4.38. The summed E-state index contributed by atoms with van der Waals surface area (Å²) in [6.07, 6.45) is -0.642. The van der Waals surface area contributed by atoms with Crippen LogP contribution in [-0.2, 0) is 0 Å². The van der Waals surface area contributed by atoms with Crippen molar-refractivity contribution in [2.45, 2.75) is 20.0 Å². The fourth-order valence-electron chi connectivity index (χ4n) is 1.96. The standard InChI is InChI=1S/C15H14BrClO/c1-9-8-14(17)10(2)7-12(9)15(18)11-5-3-4-6-13(11)16/h3-8,15,18H,1-2H3. The van der Waals surface area contributed by atoms with Crippen molar-refractivity contribution in [3.8, 4) is 0 Å². The second kappa shape index (κ2) is 5.43. The normalized spacial score (nSPS) is 12.5. The molecule has 1 N–H and O–H groups in total. The van der Waals surface area contributed by atoms with Gasteiger partial charge in [0.05, 0.1) is 0 Å². The molecule has 0 aromatic heterocycles. The molecule has 0 spiro atoms. The Morgan fingerprint density at radius 3 is 2.39 bits per heavy atom. The topological polar surface area (TPSA) is 20.2 Å². The van der Waals surface area contributed by atoms with Gasteiger partial charge < -0.3 is 5.11 Å². The average Bonchev–Trinajstić information content (AvgIpc) is 2.33. The van der Waals surface area contributed by atoms with Crippen molar-refractivity contribution in [3.05, 3.63) is 68.1 Å². The van der Waals surface area contributed by atoms with Crippen molar-refractivity contribution in [1.82, 2.24) is 0 Å². The molecule has 0 aliphatic rings. The number of aliphatic hydroxyl groups is 1. The van der Waals surface area contributed by atoms with Crippen molar-refractivity contribution in [1.29, 1.82) is 0 Å². The Hall–Kier alpha value is -0.830. The van der Waals surface area contributed by atoms with Gasteiger partial charge in [-0.1, -0.05) is 51.8 Å². The van der Waals surface area contributed by atoms with E-state index in [0.717, 1.165) is 31.7 Å². The van der Waals surface area contributed by atoms with Gasteiger partial charge in [-0.15, -0.1) is 0 Å². The zero-order valence-corrected chi connectivity index (χ0v) is 12.6. The van der Waals surface area contributed by atoms with Gasteiger partial charge in [-0.2, -0.15) is 0 Å². The number of aryl methyl sites for hydroxylation is 2. The van der Waals surface area contributed by atoms with E-state index in [2.05, 4.69) is 15.9 Å².